The topological polar surface area (TPSA) is 35.5 Å². The molecule has 0 spiro atoms. The van der Waals surface area contributed by atoms with Gasteiger partial charge in [0.25, 0.3) is 0 Å². The molecule has 114 valence electrons. The maximum Gasteiger partial charge on any atom is 0.146 e. The standard InChI is InChI=1S/C16H27FN2O/c1-5-19(6-2)16-8-7-14(9-15(16)17)10-18-13(4)12(3)11-20/h7-9,12-13,18,20H,5-6,10-11H2,1-4H3. The summed E-state index contributed by atoms with van der Waals surface area (Å²) < 4.78 is 14.1. The summed E-state index contributed by atoms with van der Waals surface area (Å²) in [6.07, 6.45) is 0. The normalized spacial score (nSPS) is 14.1. The van der Waals surface area contributed by atoms with Crippen molar-refractivity contribution in [3.05, 3.63) is 29.6 Å². The van der Waals surface area contributed by atoms with Crippen LogP contribution in [0.4, 0.5) is 10.1 Å². The van der Waals surface area contributed by atoms with Crippen LogP contribution >= 0.6 is 0 Å². The minimum Gasteiger partial charge on any atom is -0.396 e. The Morgan fingerprint density at radius 3 is 2.40 bits per heavy atom. The minimum absolute atomic E-state index is 0.156. The van der Waals surface area contributed by atoms with Gasteiger partial charge in [0, 0.05) is 32.3 Å². The Morgan fingerprint density at radius 1 is 1.25 bits per heavy atom. The molecule has 4 heteroatoms. The summed E-state index contributed by atoms with van der Waals surface area (Å²) in [5.74, 6) is 0.0191. The number of hydrogen-bond donors (Lipinski definition) is 2. The van der Waals surface area contributed by atoms with Crippen LogP contribution < -0.4 is 10.2 Å². The first kappa shape index (κ1) is 16.9. The molecule has 3 nitrogen and oxygen atoms in total. The fourth-order valence-corrected chi connectivity index (χ4v) is 2.12. The van der Waals surface area contributed by atoms with Crippen molar-refractivity contribution in [2.75, 3.05) is 24.6 Å². The van der Waals surface area contributed by atoms with Crippen molar-refractivity contribution in [3.8, 4) is 0 Å². The van der Waals surface area contributed by atoms with Crippen LogP contribution in [-0.4, -0.2) is 30.8 Å². The highest BCUT2D eigenvalue weighted by Crippen LogP contribution is 2.20. The van der Waals surface area contributed by atoms with Gasteiger partial charge in [0.2, 0.25) is 0 Å². The first-order valence-corrected chi connectivity index (χ1v) is 7.41. The summed E-state index contributed by atoms with van der Waals surface area (Å²) in [5, 5.41) is 12.4. The summed E-state index contributed by atoms with van der Waals surface area (Å²) in [7, 11) is 0. The van der Waals surface area contributed by atoms with E-state index in [2.05, 4.69) is 5.32 Å². The van der Waals surface area contributed by atoms with Gasteiger partial charge in [-0.2, -0.15) is 0 Å². The number of benzene rings is 1. The van der Waals surface area contributed by atoms with Crippen molar-refractivity contribution in [2.24, 2.45) is 5.92 Å². The Bertz CT molecular complexity index is 407. The third-order valence-corrected chi connectivity index (χ3v) is 3.89. The van der Waals surface area contributed by atoms with Crippen LogP contribution in [-0.2, 0) is 6.54 Å². The number of anilines is 1. The van der Waals surface area contributed by atoms with Gasteiger partial charge in [-0.3, -0.25) is 0 Å². The highest BCUT2D eigenvalue weighted by atomic mass is 19.1. The van der Waals surface area contributed by atoms with Crippen molar-refractivity contribution in [1.29, 1.82) is 0 Å². The smallest absolute Gasteiger partial charge is 0.146 e. The van der Waals surface area contributed by atoms with Crippen LogP contribution in [0.15, 0.2) is 18.2 Å². The number of nitrogens with zero attached hydrogens (tertiary/aromatic N) is 1. The molecule has 0 aliphatic rings. The van der Waals surface area contributed by atoms with E-state index in [1.807, 2.05) is 44.7 Å². The molecule has 1 aromatic carbocycles. The third-order valence-electron chi connectivity index (χ3n) is 3.89. The Morgan fingerprint density at radius 2 is 1.90 bits per heavy atom. The lowest BCUT2D eigenvalue weighted by Gasteiger charge is -2.22. The predicted octanol–water partition coefficient (Wildman–Crippen LogP) is 2.78. The Labute approximate surface area is 121 Å². The molecule has 0 amide bonds. The Kier molecular flexibility index (Phi) is 6.96. The molecule has 2 unspecified atom stereocenters. The second-order valence-corrected chi connectivity index (χ2v) is 5.29. The minimum atomic E-state index is -0.171. The van der Waals surface area contributed by atoms with Gasteiger partial charge in [-0.25, -0.2) is 4.39 Å². The molecule has 0 aliphatic carbocycles. The molecule has 20 heavy (non-hydrogen) atoms. The van der Waals surface area contributed by atoms with E-state index in [-0.39, 0.29) is 24.4 Å². The number of rotatable bonds is 8. The van der Waals surface area contributed by atoms with Gasteiger partial charge in [-0.1, -0.05) is 13.0 Å². The quantitative estimate of drug-likeness (QED) is 0.769. The summed E-state index contributed by atoms with van der Waals surface area (Å²) >= 11 is 0. The Balaban J connectivity index is 2.68. The van der Waals surface area contributed by atoms with Crippen molar-refractivity contribution in [2.45, 2.75) is 40.3 Å². The van der Waals surface area contributed by atoms with Crippen molar-refractivity contribution < 1.29 is 9.50 Å². The SMILES string of the molecule is CCN(CC)c1ccc(CNC(C)C(C)CO)cc1F. The number of nitrogens with one attached hydrogen (secondary N) is 1. The summed E-state index contributed by atoms with van der Waals surface area (Å²) in [4.78, 5) is 2.00. The van der Waals surface area contributed by atoms with Crippen LogP contribution in [0, 0.1) is 11.7 Å². The molecule has 2 atom stereocenters. The molecule has 0 radical (unpaired) electrons. The maximum absolute atomic E-state index is 14.1. The summed E-state index contributed by atoms with van der Waals surface area (Å²) in [6, 6.07) is 5.60. The average molecular weight is 282 g/mol. The number of aliphatic hydroxyl groups excluding tert-OH is 1. The number of aliphatic hydroxyl groups is 1. The lowest BCUT2D eigenvalue weighted by Crippen LogP contribution is -2.33. The molecular weight excluding hydrogens is 255 g/mol. The Hall–Kier alpha value is -1.13. The van der Waals surface area contributed by atoms with Crippen LogP contribution in [0.5, 0.6) is 0 Å². The first-order valence-electron chi connectivity index (χ1n) is 7.41. The second-order valence-electron chi connectivity index (χ2n) is 5.29. The van der Waals surface area contributed by atoms with Crippen LogP contribution in [0.1, 0.15) is 33.3 Å². The molecule has 0 heterocycles. The van der Waals surface area contributed by atoms with E-state index in [0.29, 0.717) is 12.2 Å². The van der Waals surface area contributed by atoms with Crippen molar-refractivity contribution >= 4 is 5.69 Å². The molecule has 0 saturated heterocycles. The summed E-state index contributed by atoms with van der Waals surface area (Å²) in [6.45, 7) is 10.4. The van der Waals surface area contributed by atoms with Crippen molar-refractivity contribution in [1.82, 2.24) is 5.32 Å². The third kappa shape index (κ3) is 4.46. The van der Waals surface area contributed by atoms with Crippen LogP contribution in [0.3, 0.4) is 0 Å². The molecule has 2 N–H and O–H groups in total. The maximum atomic E-state index is 14.1. The average Bonchev–Trinajstić information content (AvgIpc) is 2.46. The lowest BCUT2D eigenvalue weighted by atomic mass is 10.0. The van der Waals surface area contributed by atoms with Gasteiger partial charge in [-0.15, -0.1) is 0 Å². The van der Waals surface area contributed by atoms with Gasteiger partial charge < -0.3 is 15.3 Å². The van der Waals surface area contributed by atoms with Crippen LogP contribution in [0.25, 0.3) is 0 Å². The van der Waals surface area contributed by atoms with E-state index >= 15 is 0 Å². The van der Waals surface area contributed by atoms with E-state index in [9.17, 15) is 4.39 Å². The zero-order valence-corrected chi connectivity index (χ0v) is 13.0. The molecule has 0 aromatic heterocycles. The number of hydrogen-bond acceptors (Lipinski definition) is 3. The molecule has 0 saturated carbocycles. The van der Waals surface area contributed by atoms with Gasteiger partial charge in [0.1, 0.15) is 5.82 Å². The molecule has 0 aliphatic heterocycles. The predicted molar refractivity (Wildman–Crippen MR) is 82.5 cm³/mol. The fourth-order valence-electron chi connectivity index (χ4n) is 2.12. The molecular formula is C16H27FN2O. The summed E-state index contributed by atoms with van der Waals surface area (Å²) in [5.41, 5.74) is 1.59. The van der Waals surface area contributed by atoms with Gasteiger partial charge >= 0.3 is 0 Å². The van der Waals surface area contributed by atoms with E-state index in [1.165, 1.54) is 0 Å². The molecule has 1 aromatic rings. The van der Waals surface area contributed by atoms with Gasteiger partial charge in [0.05, 0.1) is 5.69 Å². The monoisotopic (exact) mass is 282 g/mol. The zero-order chi connectivity index (χ0) is 15.1. The first-order chi connectivity index (χ1) is 9.53. The molecule has 1 rings (SSSR count). The van der Waals surface area contributed by atoms with E-state index in [1.54, 1.807) is 6.07 Å². The molecule has 0 bridgehead atoms. The van der Waals surface area contributed by atoms with Crippen LogP contribution in [0.2, 0.25) is 0 Å². The fraction of sp³-hybridized carbons (Fsp3) is 0.625. The van der Waals surface area contributed by atoms with Gasteiger partial charge in [0.15, 0.2) is 0 Å². The van der Waals surface area contributed by atoms with Gasteiger partial charge in [-0.05, 0) is 44.4 Å². The number of halogens is 1. The van der Waals surface area contributed by atoms with E-state index < -0.39 is 0 Å². The van der Waals surface area contributed by atoms with Crippen molar-refractivity contribution in [3.63, 3.8) is 0 Å². The van der Waals surface area contributed by atoms with E-state index in [4.69, 9.17) is 5.11 Å². The highest BCUT2D eigenvalue weighted by molar-refractivity contribution is 5.49. The largest absolute Gasteiger partial charge is 0.396 e. The lowest BCUT2D eigenvalue weighted by molar-refractivity contribution is 0.207. The highest BCUT2D eigenvalue weighted by Gasteiger charge is 2.12. The zero-order valence-electron chi connectivity index (χ0n) is 13.0. The second kappa shape index (κ2) is 8.22. The van der Waals surface area contributed by atoms with E-state index in [0.717, 1.165) is 18.7 Å². The molecule has 0 fully saturated rings.